The molecule has 0 aliphatic rings. The second-order valence-corrected chi connectivity index (χ2v) is 20.6. The molecule has 84 heavy (non-hydrogen) atoms. The molecule has 444 valence electrons. The van der Waals surface area contributed by atoms with E-state index in [0.29, 0.717) is 30.2 Å². The molecule has 0 amide bonds. The molecule has 30 heteroatoms. The van der Waals surface area contributed by atoms with E-state index in [-0.39, 0.29) is 11.6 Å². The van der Waals surface area contributed by atoms with Gasteiger partial charge in [-0.15, -0.1) is 0 Å². The van der Waals surface area contributed by atoms with Gasteiger partial charge in [-0.25, -0.2) is 0 Å². The topological polar surface area (TPSA) is 60.4 Å². The largest absolute Gasteiger partial charge is 0.443 e. The summed E-state index contributed by atoms with van der Waals surface area (Å²) >= 11 is -0.759. The monoisotopic (exact) mass is 1330 g/mol. The summed E-state index contributed by atoms with van der Waals surface area (Å²) in [5, 5.41) is 0. The van der Waals surface area contributed by atoms with Crippen molar-refractivity contribution in [3.8, 4) is 0 Å². The summed E-state index contributed by atoms with van der Waals surface area (Å²) in [6, 6.07) is 16.2. The van der Waals surface area contributed by atoms with Crippen LogP contribution in [0, 0.1) is 7.53 Å². The lowest BCUT2D eigenvalue weighted by atomic mass is 9.12. The molecule has 8 aromatic rings. The van der Waals surface area contributed by atoms with Gasteiger partial charge in [0, 0.05) is 23.3 Å². The van der Waals surface area contributed by atoms with Crippen molar-refractivity contribution in [2.45, 2.75) is 49.4 Å². The van der Waals surface area contributed by atoms with E-state index in [2.05, 4.69) is 0 Å². The van der Waals surface area contributed by atoms with E-state index in [9.17, 15) is 115 Å². The number of furan rings is 2. The molecule has 0 atom stereocenters. The van der Waals surface area contributed by atoms with E-state index < -0.39 is 216 Å². The van der Waals surface area contributed by atoms with Crippen LogP contribution in [0.3, 0.4) is 0 Å². The number of hydrogen-bond donors (Lipinski definition) is 0. The number of rotatable bonds is 10. The quantitative estimate of drug-likeness (QED) is 0.0592. The van der Waals surface area contributed by atoms with Crippen molar-refractivity contribution in [2.24, 2.45) is 0 Å². The highest BCUT2D eigenvalue weighted by molar-refractivity contribution is 7.20. The van der Waals surface area contributed by atoms with Gasteiger partial charge >= 0.3 is 78.1 Å². The fourth-order valence-electron chi connectivity index (χ4n) is 8.60. The van der Waals surface area contributed by atoms with Crippen LogP contribution in [0.2, 0.25) is 0 Å². The first-order valence-electron chi connectivity index (χ1n) is 22.9. The SMILES string of the molecule is FC(F)(F)c1cc([B-](c2cc(C(F)(F)F)cc(C(F)(F)F)c2)(c2cc(C(F)(F)F)cc(C(F)(F)F)c2)c2cc(C(F)(F)F)cc(C(F)(F)F)c2)cc(C(F)(F)F)c1.O=C(c1ccccc1)c1ccc([I+]c2ccc(C(=O)c3ccccc3)o2)o1. The van der Waals surface area contributed by atoms with Gasteiger partial charge < -0.3 is 8.83 Å². The van der Waals surface area contributed by atoms with Crippen LogP contribution in [-0.2, 0) is 49.4 Å². The van der Waals surface area contributed by atoms with Gasteiger partial charge in [0.1, 0.15) is 6.15 Å². The molecule has 0 N–H and O–H groups in total. The number of hydrogen-bond acceptors (Lipinski definition) is 4. The first-order chi connectivity index (χ1) is 38.5. The van der Waals surface area contributed by atoms with Gasteiger partial charge in [0.05, 0.1) is 44.5 Å². The number of halogens is 25. The van der Waals surface area contributed by atoms with Crippen LogP contribution in [0.25, 0.3) is 0 Å². The maximum atomic E-state index is 14.2. The standard InChI is InChI=1S/C32H12BF24.C22H14IO4/c34-25(35,36)13-1-14(26(37,38)39)6-21(5-13)33(22-7-15(27(40,41)42)2-16(8-22)28(43,44)45,23-9-17(29(46,47)48)3-18(10-23)30(49,50)51)24-11-19(31(52,53)54)4-20(12-24)32(55,56)57;24-21(15-7-3-1-4-8-15)17-11-13-19(26-17)23-20-14-12-18(27-20)22(25)16-9-5-2-6-10-16/h1-12H;1-14H/q-1;+1. The minimum Gasteiger partial charge on any atom is -0.414 e. The predicted octanol–water partition coefficient (Wildman–Crippen LogP) is 12.7. The second-order valence-electron chi connectivity index (χ2n) is 17.9. The van der Waals surface area contributed by atoms with E-state index >= 15 is 0 Å². The Bertz CT molecular complexity index is 3170. The molecule has 8 rings (SSSR count). The summed E-state index contributed by atoms with van der Waals surface area (Å²) in [5.41, 5.74) is -29.0. The first kappa shape index (κ1) is 63.9. The normalized spacial score (nSPS) is 13.1. The van der Waals surface area contributed by atoms with Gasteiger partial charge in [-0.1, -0.05) is 109 Å². The molecular weight excluding hydrogens is 1310 g/mol. The lowest BCUT2D eigenvalue weighted by Crippen LogP contribution is -3.61. The highest BCUT2D eigenvalue weighted by Crippen LogP contribution is 2.41. The van der Waals surface area contributed by atoms with Crippen LogP contribution in [0.15, 0.2) is 167 Å². The minimum absolute atomic E-state index is 0.148. The molecule has 0 aliphatic heterocycles. The fraction of sp³-hybridized carbons (Fsp3) is 0.148. The van der Waals surface area contributed by atoms with Crippen molar-refractivity contribution in [3.05, 3.63) is 232 Å². The highest BCUT2D eigenvalue weighted by Gasteiger charge is 2.47. The van der Waals surface area contributed by atoms with Crippen LogP contribution in [0.5, 0.6) is 0 Å². The zero-order chi connectivity index (χ0) is 62.6. The van der Waals surface area contributed by atoms with Crippen molar-refractivity contribution in [2.75, 3.05) is 0 Å². The molecule has 0 saturated heterocycles. The van der Waals surface area contributed by atoms with Crippen LogP contribution in [-0.4, -0.2) is 17.7 Å². The summed E-state index contributed by atoms with van der Waals surface area (Å²) in [6.45, 7) is 0. The van der Waals surface area contributed by atoms with E-state index in [1.54, 1.807) is 48.5 Å². The van der Waals surface area contributed by atoms with Gasteiger partial charge in [-0.2, -0.15) is 127 Å². The Kier molecular flexibility index (Phi) is 17.3. The van der Waals surface area contributed by atoms with E-state index in [4.69, 9.17) is 8.83 Å². The third-order valence-corrected chi connectivity index (χ3v) is 14.5. The summed E-state index contributed by atoms with van der Waals surface area (Å²) in [4.78, 5) is 24.8. The summed E-state index contributed by atoms with van der Waals surface area (Å²) in [6.07, 6.45) is -54.8. The average molecular weight is 1330 g/mol. The smallest absolute Gasteiger partial charge is 0.414 e. The lowest BCUT2D eigenvalue weighted by Gasteiger charge is -2.46. The van der Waals surface area contributed by atoms with E-state index in [0.717, 1.165) is 0 Å². The van der Waals surface area contributed by atoms with Crippen molar-refractivity contribution in [1.29, 1.82) is 0 Å². The molecule has 0 bridgehead atoms. The molecule has 4 nitrogen and oxygen atoms in total. The predicted molar refractivity (Wildman–Crippen MR) is 245 cm³/mol. The summed E-state index contributed by atoms with van der Waals surface area (Å²) in [5.74, 6) is 0.321. The Morgan fingerprint density at radius 1 is 0.286 bits per heavy atom. The number of carbonyl (C=O) groups excluding carboxylic acids is 2. The number of carbonyl (C=O) groups is 2. The Morgan fingerprint density at radius 3 is 0.679 bits per heavy atom. The van der Waals surface area contributed by atoms with E-state index in [1.165, 1.54) is 0 Å². The molecule has 0 spiro atoms. The molecule has 2 aromatic heterocycles. The second kappa shape index (κ2) is 22.7. The third kappa shape index (κ3) is 14.4. The van der Waals surface area contributed by atoms with Gasteiger partial charge in [0.25, 0.3) is 0 Å². The van der Waals surface area contributed by atoms with Crippen molar-refractivity contribution >= 4 is 39.6 Å². The van der Waals surface area contributed by atoms with Crippen LogP contribution >= 0.6 is 0 Å². The van der Waals surface area contributed by atoms with Crippen LogP contribution in [0.1, 0.15) is 76.7 Å². The lowest BCUT2D eigenvalue weighted by molar-refractivity contribution is -0.636. The molecule has 6 aromatic carbocycles. The van der Waals surface area contributed by atoms with Gasteiger partial charge in [0.2, 0.25) is 11.6 Å². The maximum Gasteiger partial charge on any atom is 0.443 e. The fourth-order valence-corrected chi connectivity index (χ4v) is 10.5. The molecular formula is C54H26BF24IO4. The maximum absolute atomic E-state index is 14.2. The number of alkyl halides is 24. The number of benzene rings is 6. The number of ketones is 2. The van der Waals surface area contributed by atoms with Gasteiger partial charge in [-0.3, -0.25) is 9.59 Å². The molecule has 0 unspecified atom stereocenters. The van der Waals surface area contributed by atoms with Gasteiger partial charge in [-0.05, 0) is 36.4 Å². The first-order valence-corrected chi connectivity index (χ1v) is 25.0. The highest BCUT2D eigenvalue weighted by atomic mass is 127. The third-order valence-electron chi connectivity index (χ3n) is 12.3. The van der Waals surface area contributed by atoms with Crippen molar-refractivity contribution < 1.29 is 145 Å². The molecule has 0 saturated carbocycles. The van der Waals surface area contributed by atoms with Crippen molar-refractivity contribution in [1.82, 2.24) is 0 Å². The Labute approximate surface area is 464 Å². The molecule has 0 aliphatic carbocycles. The summed E-state index contributed by atoms with van der Waals surface area (Å²) in [7, 11) is 0. The zero-order valence-electron chi connectivity index (χ0n) is 40.7. The summed E-state index contributed by atoms with van der Waals surface area (Å²) < 4.78 is 354. The Balaban J connectivity index is 0.000000309. The zero-order valence-corrected chi connectivity index (χ0v) is 42.8. The Morgan fingerprint density at radius 2 is 0.488 bits per heavy atom. The van der Waals surface area contributed by atoms with E-state index in [1.807, 2.05) is 36.4 Å². The van der Waals surface area contributed by atoms with Crippen molar-refractivity contribution in [3.63, 3.8) is 0 Å². The van der Waals surface area contributed by atoms with Crippen LogP contribution in [0.4, 0.5) is 105 Å². The van der Waals surface area contributed by atoms with Crippen LogP contribution < -0.4 is 43.1 Å². The molecule has 0 fully saturated rings. The average Bonchev–Trinajstić information content (AvgIpc) is 0.848. The molecule has 0 radical (unpaired) electrons. The Hall–Kier alpha value is -7.67. The molecule has 2 heterocycles. The van der Waals surface area contributed by atoms with Gasteiger partial charge in [0.15, 0.2) is 11.5 Å². The minimum atomic E-state index is -6.13.